The molecule has 0 aromatic heterocycles. The highest BCUT2D eigenvalue weighted by Gasteiger charge is 2.25. The van der Waals surface area contributed by atoms with E-state index in [1.165, 1.54) is 44.1 Å². The molecule has 0 amide bonds. The smallest absolute Gasteiger partial charge is 0.0350 e. The van der Waals surface area contributed by atoms with Crippen LogP contribution in [0.5, 0.6) is 0 Å². The third-order valence-corrected chi connectivity index (χ3v) is 5.05. The summed E-state index contributed by atoms with van der Waals surface area (Å²) in [7, 11) is 0. The van der Waals surface area contributed by atoms with Gasteiger partial charge in [0, 0.05) is 12.1 Å². The van der Waals surface area contributed by atoms with Gasteiger partial charge in [0.15, 0.2) is 0 Å². The van der Waals surface area contributed by atoms with E-state index in [1.54, 1.807) is 0 Å². The van der Waals surface area contributed by atoms with E-state index in [2.05, 4.69) is 56.4 Å². The Bertz CT molecular complexity index is 365. The summed E-state index contributed by atoms with van der Waals surface area (Å²) in [6, 6.07) is 12.2. The highest BCUT2D eigenvalue weighted by molar-refractivity contribution is 5.20. The normalized spacial score (nSPS) is 18.8. The predicted molar refractivity (Wildman–Crippen MR) is 87.8 cm³/mol. The van der Waals surface area contributed by atoms with Crippen molar-refractivity contribution in [3.05, 3.63) is 35.9 Å². The van der Waals surface area contributed by atoms with Crippen molar-refractivity contribution in [1.82, 2.24) is 5.32 Å². The lowest BCUT2D eigenvalue weighted by Crippen LogP contribution is -2.36. The molecule has 0 radical (unpaired) electrons. The zero-order valence-corrected chi connectivity index (χ0v) is 13.4. The Morgan fingerprint density at radius 2 is 1.75 bits per heavy atom. The Morgan fingerprint density at radius 1 is 1.10 bits per heavy atom. The largest absolute Gasteiger partial charge is 0.307 e. The SMILES string of the molecule is CCC(CC)C(NC(C)CC1CCC1)c1ccccc1. The van der Waals surface area contributed by atoms with Gasteiger partial charge >= 0.3 is 0 Å². The first-order chi connectivity index (χ1) is 9.74. The van der Waals surface area contributed by atoms with Crippen molar-refractivity contribution in [2.24, 2.45) is 11.8 Å². The van der Waals surface area contributed by atoms with Crippen LogP contribution < -0.4 is 5.32 Å². The summed E-state index contributed by atoms with van der Waals surface area (Å²) in [5, 5.41) is 3.93. The number of hydrogen-bond donors (Lipinski definition) is 1. The molecule has 1 heteroatoms. The van der Waals surface area contributed by atoms with Crippen LogP contribution >= 0.6 is 0 Å². The number of rotatable bonds is 8. The molecule has 1 saturated carbocycles. The van der Waals surface area contributed by atoms with Crippen LogP contribution in [0, 0.1) is 11.8 Å². The van der Waals surface area contributed by atoms with Crippen LogP contribution in [0.2, 0.25) is 0 Å². The third kappa shape index (κ3) is 4.09. The third-order valence-electron chi connectivity index (χ3n) is 5.05. The maximum atomic E-state index is 3.93. The van der Waals surface area contributed by atoms with Gasteiger partial charge in [-0.25, -0.2) is 0 Å². The molecule has 0 saturated heterocycles. The lowest BCUT2D eigenvalue weighted by atomic mass is 9.80. The summed E-state index contributed by atoms with van der Waals surface area (Å²) >= 11 is 0. The maximum absolute atomic E-state index is 3.93. The molecule has 0 aliphatic heterocycles. The van der Waals surface area contributed by atoms with Crippen molar-refractivity contribution < 1.29 is 0 Å². The van der Waals surface area contributed by atoms with Crippen LogP contribution in [0.3, 0.4) is 0 Å². The van der Waals surface area contributed by atoms with Crippen LogP contribution in [0.4, 0.5) is 0 Å². The van der Waals surface area contributed by atoms with Crippen molar-refractivity contribution in [3.8, 4) is 0 Å². The van der Waals surface area contributed by atoms with Gasteiger partial charge in [-0.15, -0.1) is 0 Å². The van der Waals surface area contributed by atoms with Crippen molar-refractivity contribution in [3.63, 3.8) is 0 Å². The second kappa shape index (κ2) is 7.83. The maximum Gasteiger partial charge on any atom is 0.0350 e. The Balaban J connectivity index is 2.01. The van der Waals surface area contributed by atoms with Gasteiger partial charge in [0.05, 0.1) is 0 Å². The van der Waals surface area contributed by atoms with Crippen LogP contribution in [0.25, 0.3) is 0 Å². The van der Waals surface area contributed by atoms with Crippen LogP contribution in [-0.4, -0.2) is 6.04 Å². The molecular formula is C19H31N. The average Bonchev–Trinajstić information content (AvgIpc) is 2.44. The minimum Gasteiger partial charge on any atom is -0.307 e. The molecule has 1 aromatic carbocycles. The highest BCUT2D eigenvalue weighted by Crippen LogP contribution is 2.32. The minimum absolute atomic E-state index is 0.515. The van der Waals surface area contributed by atoms with Crippen LogP contribution in [0.15, 0.2) is 30.3 Å². The number of hydrogen-bond acceptors (Lipinski definition) is 1. The number of nitrogens with one attached hydrogen (secondary N) is 1. The van der Waals surface area contributed by atoms with Gasteiger partial charge in [-0.2, -0.15) is 0 Å². The van der Waals surface area contributed by atoms with Crippen molar-refractivity contribution in [2.75, 3.05) is 0 Å². The van der Waals surface area contributed by atoms with E-state index in [4.69, 9.17) is 0 Å². The van der Waals surface area contributed by atoms with E-state index in [1.807, 2.05) is 0 Å². The molecule has 0 bridgehead atoms. The van der Waals surface area contributed by atoms with Crippen molar-refractivity contribution in [2.45, 2.75) is 71.4 Å². The average molecular weight is 273 g/mol. The summed E-state index contributed by atoms with van der Waals surface area (Å²) in [6.07, 6.45) is 8.20. The van der Waals surface area contributed by atoms with E-state index in [0.29, 0.717) is 12.1 Å². The molecule has 1 aliphatic rings. The quantitative estimate of drug-likeness (QED) is 0.675. The second-order valence-electron chi connectivity index (χ2n) is 6.57. The van der Waals surface area contributed by atoms with Crippen molar-refractivity contribution in [1.29, 1.82) is 0 Å². The molecule has 20 heavy (non-hydrogen) atoms. The van der Waals surface area contributed by atoms with E-state index >= 15 is 0 Å². The van der Waals surface area contributed by atoms with E-state index in [0.717, 1.165) is 11.8 Å². The van der Waals surface area contributed by atoms with Gasteiger partial charge in [0.2, 0.25) is 0 Å². The first-order valence-corrected chi connectivity index (χ1v) is 8.55. The van der Waals surface area contributed by atoms with Crippen LogP contribution in [-0.2, 0) is 0 Å². The summed E-state index contributed by atoms with van der Waals surface area (Å²) in [4.78, 5) is 0. The predicted octanol–water partition coefficient (Wildman–Crippen LogP) is 5.33. The van der Waals surface area contributed by atoms with Gasteiger partial charge < -0.3 is 5.32 Å². The second-order valence-corrected chi connectivity index (χ2v) is 6.57. The highest BCUT2D eigenvalue weighted by atomic mass is 15.0. The first kappa shape index (κ1) is 15.6. The minimum atomic E-state index is 0.515. The summed E-state index contributed by atoms with van der Waals surface area (Å²) in [6.45, 7) is 7.02. The van der Waals surface area contributed by atoms with Crippen molar-refractivity contribution >= 4 is 0 Å². The summed E-state index contributed by atoms with van der Waals surface area (Å²) in [5.41, 5.74) is 1.46. The number of benzene rings is 1. The fraction of sp³-hybridized carbons (Fsp3) is 0.684. The zero-order chi connectivity index (χ0) is 14.4. The fourth-order valence-electron chi connectivity index (χ4n) is 3.53. The van der Waals surface area contributed by atoms with Crippen LogP contribution in [0.1, 0.15) is 70.9 Å². The van der Waals surface area contributed by atoms with E-state index in [-0.39, 0.29) is 0 Å². The Labute approximate surface area is 125 Å². The topological polar surface area (TPSA) is 12.0 Å². The Hall–Kier alpha value is -0.820. The molecule has 1 nitrogen and oxygen atoms in total. The Kier molecular flexibility index (Phi) is 6.09. The molecule has 1 fully saturated rings. The molecule has 112 valence electrons. The zero-order valence-electron chi connectivity index (χ0n) is 13.4. The molecular weight excluding hydrogens is 242 g/mol. The van der Waals surface area contributed by atoms with Gasteiger partial charge in [-0.1, -0.05) is 76.3 Å². The summed E-state index contributed by atoms with van der Waals surface area (Å²) in [5.74, 6) is 1.72. The van der Waals surface area contributed by atoms with Gasteiger partial charge in [0.1, 0.15) is 0 Å². The molecule has 0 spiro atoms. The Morgan fingerprint density at radius 3 is 2.25 bits per heavy atom. The summed E-state index contributed by atoms with van der Waals surface area (Å²) < 4.78 is 0. The molecule has 0 heterocycles. The molecule has 2 atom stereocenters. The molecule has 1 aromatic rings. The molecule has 2 rings (SSSR count). The standard InChI is InChI=1S/C19H31N/c1-4-17(5-2)19(18-12-7-6-8-13-18)20-15(3)14-16-10-9-11-16/h6-8,12-13,15-17,19-20H,4-5,9-11,14H2,1-3H3. The fourth-order valence-corrected chi connectivity index (χ4v) is 3.53. The lowest BCUT2D eigenvalue weighted by molar-refractivity contribution is 0.237. The van der Waals surface area contributed by atoms with Gasteiger partial charge in [0.25, 0.3) is 0 Å². The molecule has 1 N–H and O–H groups in total. The first-order valence-electron chi connectivity index (χ1n) is 8.55. The lowest BCUT2D eigenvalue weighted by Gasteiger charge is -2.34. The monoisotopic (exact) mass is 273 g/mol. The van der Waals surface area contributed by atoms with E-state index in [9.17, 15) is 0 Å². The van der Waals surface area contributed by atoms with Gasteiger partial charge in [-0.3, -0.25) is 0 Å². The molecule has 2 unspecified atom stereocenters. The van der Waals surface area contributed by atoms with E-state index < -0.39 is 0 Å². The van der Waals surface area contributed by atoms with Gasteiger partial charge in [-0.05, 0) is 30.7 Å². The molecule has 1 aliphatic carbocycles.